The zero-order valence-corrected chi connectivity index (χ0v) is 11.2. The largest absolute Gasteiger partial charge is 0.304 e. The van der Waals surface area contributed by atoms with E-state index in [0.717, 1.165) is 32.7 Å². The van der Waals surface area contributed by atoms with Crippen LogP contribution in [0, 0.1) is 0 Å². The predicted molar refractivity (Wildman–Crippen MR) is 68.1 cm³/mol. The van der Waals surface area contributed by atoms with Crippen LogP contribution in [0.1, 0.15) is 6.92 Å². The van der Waals surface area contributed by atoms with Crippen LogP contribution >= 0.6 is 0 Å². The number of hydrogen-bond acceptors (Lipinski definition) is 5. The van der Waals surface area contributed by atoms with E-state index in [-0.39, 0.29) is 24.4 Å². The zero-order chi connectivity index (χ0) is 13.1. The molecule has 2 saturated heterocycles. The number of amides is 2. The fourth-order valence-electron chi connectivity index (χ4n) is 2.33. The number of nitrogens with zero attached hydrogens (tertiary/aromatic N) is 3. The maximum absolute atomic E-state index is 11.9. The molecule has 0 aromatic heterocycles. The quantitative estimate of drug-likeness (QED) is 0.627. The molecular formula is C12H22N4O2. The number of hydrogen-bond donors (Lipinski definition) is 1. The van der Waals surface area contributed by atoms with E-state index in [9.17, 15) is 9.59 Å². The van der Waals surface area contributed by atoms with Crippen LogP contribution in [0.5, 0.6) is 0 Å². The van der Waals surface area contributed by atoms with Gasteiger partial charge in [-0.3, -0.25) is 24.7 Å². The number of imide groups is 1. The number of carbonyl (C=O) groups excluding carboxylic acids is 2. The lowest BCUT2D eigenvalue weighted by Crippen LogP contribution is -2.58. The molecule has 0 aromatic carbocycles. The van der Waals surface area contributed by atoms with E-state index in [2.05, 4.69) is 22.2 Å². The molecule has 0 aliphatic carbocycles. The monoisotopic (exact) mass is 254 g/mol. The van der Waals surface area contributed by atoms with Crippen LogP contribution in [0.15, 0.2) is 0 Å². The van der Waals surface area contributed by atoms with Gasteiger partial charge in [-0.05, 0) is 14.0 Å². The highest BCUT2D eigenvalue weighted by molar-refractivity contribution is 6.00. The molecule has 1 unspecified atom stereocenters. The third kappa shape index (κ3) is 3.07. The van der Waals surface area contributed by atoms with E-state index >= 15 is 0 Å². The van der Waals surface area contributed by atoms with Crippen molar-refractivity contribution in [1.29, 1.82) is 0 Å². The molecule has 0 spiro atoms. The van der Waals surface area contributed by atoms with E-state index in [1.807, 2.05) is 0 Å². The molecule has 2 heterocycles. The Balaban J connectivity index is 1.81. The number of rotatable bonds is 3. The maximum Gasteiger partial charge on any atom is 0.246 e. The highest BCUT2D eigenvalue weighted by Gasteiger charge is 2.31. The van der Waals surface area contributed by atoms with E-state index in [4.69, 9.17) is 0 Å². The summed E-state index contributed by atoms with van der Waals surface area (Å²) in [5, 5.41) is 2.89. The van der Waals surface area contributed by atoms with E-state index < -0.39 is 0 Å². The predicted octanol–water partition coefficient (Wildman–Crippen LogP) is -1.42. The fraction of sp³-hybridized carbons (Fsp3) is 0.833. The SMILES string of the molecule is CC1NCC(=O)N(CCN2CCN(C)CC2)C1=O. The summed E-state index contributed by atoms with van der Waals surface area (Å²) in [5.74, 6) is -0.201. The molecule has 102 valence electrons. The Morgan fingerprint density at radius 2 is 1.83 bits per heavy atom. The first-order chi connectivity index (χ1) is 8.58. The summed E-state index contributed by atoms with van der Waals surface area (Å²) in [6.45, 7) is 7.53. The topological polar surface area (TPSA) is 55.9 Å². The molecule has 2 amide bonds. The van der Waals surface area contributed by atoms with Gasteiger partial charge in [0, 0.05) is 39.3 Å². The molecule has 2 aliphatic rings. The second-order valence-corrected chi connectivity index (χ2v) is 5.13. The van der Waals surface area contributed by atoms with Gasteiger partial charge in [0.1, 0.15) is 0 Å². The summed E-state index contributed by atoms with van der Waals surface area (Å²) in [4.78, 5) is 29.6. The fourth-order valence-corrected chi connectivity index (χ4v) is 2.33. The number of piperazine rings is 2. The minimum Gasteiger partial charge on any atom is -0.304 e. The average Bonchev–Trinajstić information content (AvgIpc) is 2.36. The van der Waals surface area contributed by atoms with Gasteiger partial charge < -0.3 is 4.90 Å². The molecule has 0 saturated carbocycles. The highest BCUT2D eigenvalue weighted by atomic mass is 16.2. The van der Waals surface area contributed by atoms with Gasteiger partial charge in [0.15, 0.2) is 0 Å². The molecule has 2 rings (SSSR count). The molecule has 0 radical (unpaired) electrons. The van der Waals surface area contributed by atoms with Crippen LogP contribution in [0.25, 0.3) is 0 Å². The molecule has 0 bridgehead atoms. The molecule has 6 nitrogen and oxygen atoms in total. The van der Waals surface area contributed by atoms with Crippen LogP contribution in [-0.2, 0) is 9.59 Å². The maximum atomic E-state index is 11.9. The molecule has 6 heteroatoms. The van der Waals surface area contributed by atoms with Gasteiger partial charge in [0.2, 0.25) is 11.8 Å². The van der Waals surface area contributed by atoms with Crippen LogP contribution in [0.3, 0.4) is 0 Å². The Kier molecular flexibility index (Phi) is 4.31. The summed E-state index contributed by atoms with van der Waals surface area (Å²) >= 11 is 0. The van der Waals surface area contributed by atoms with Crippen molar-refractivity contribution >= 4 is 11.8 Å². The van der Waals surface area contributed by atoms with Gasteiger partial charge >= 0.3 is 0 Å². The normalized spacial score (nSPS) is 27.9. The Morgan fingerprint density at radius 1 is 1.17 bits per heavy atom. The van der Waals surface area contributed by atoms with Crippen LogP contribution < -0.4 is 5.32 Å². The van der Waals surface area contributed by atoms with Crippen molar-refractivity contribution in [3.05, 3.63) is 0 Å². The van der Waals surface area contributed by atoms with Crippen molar-refractivity contribution in [2.45, 2.75) is 13.0 Å². The van der Waals surface area contributed by atoms with E-state index in [1.54, 1.807) is 6.92 Å². The minimum absolute atomic E-state index is 0.0969. The van der Waals surface area contributed by atoms with Gasteiger partial charge in [0.25, 0.3) is 0 Å². The van der Waals surface area contributed by atoms with Gasteiger partial charge in [-0.2, -0.15) is 0 Å². The number of carbonyl (C=O) groups is 2. The van der Waals surface area contributed by atoms with Crippen molar-refractivity contribution in [1.82, 2.24) is 20.0 Å². The van der Waals surface area contributed by atoms with Crippen LogP contribution in [-0.4, -0.2) is 85.4 Å². The summed E-state index contributed by atoms with van der Waals surface area (Å²) in [6, 6.07) is -0.241. The van der Waals surface area contributed by atoms with Crippen molar-refractivity contribution in [3.8, 4) is 0 Å². The van der Waals surface area contributed by atoms with Gasteiger partial charge in [-0.25, -0.2) is 0 Å². The van der Waals surface area contributed by atoms with Crippen molar-refractivity contribution in [2.24, 2.45) is 0 Å². The lowest BCUT2D eigenvalue weighted by molar-refractivity contribution is -0.149. The molecule has 18 heavy (non-hydrogen) atoms. The standard InChI is InChI=1S/C12H22N4O2/c1-10-12(18)16(11(17)9-13-10)8-7-15-5-3-14(2)4-6-15/h10,13H,3-9H2,1-2H3. The van der Waals surface area contributed by atoms with Gasteiger partial charge in [-0.15, -0.1) is 0 Å². The molecular weight excluding hydrogens is 232 g/mol. The zero-order valence-electron chi connectivity index (χ0n) is 11.2. The van der Waals surface area contributed by atoms with Crippen LogP contribution in [0.2, 0.25) is 0 Å². The average molecular weight is 254 g/mol. The third-order valence-electron chi connectivity index (χ3n) is 3.73. The van der Waals surface area contributed by atoms with Crippen molar-refractivity contribution < 1.29 is 9.59 Å². The Bertz CT molecular complexity index is 326. The summed E-state index contributed by atoms with van der Waals surface area (Å²) < 4.78 is 0. The molecule has 2 fully saturated rings. The smallest absolute Gasteiger partial charge is 0.246 e. The molecule has 1 atom stereocenters. The molecule has 1 N–H and O–H groups in total. The van der Waals surface area contributed by atoms with Crippen LogP contribution in [0.4, 0.5) is 0 Å². The van der Waals surface area contributed by atoms with Gasteiger partial charge in [0.05, 0.1) is 12.6 Å². The van der Waals surface area contributed by atoms with Gasteiger partial charge in [-0.1, -0.05) is 0 Å². The van der Waals surface area contributed by atoms with E-state index in [0.29, 0.717) is 6.54 Å². The lowest BCUT2D eigenvalue weighted by atomic mass is 10.2. The second kappa shape index (κ2) is 5.77. The molecule has 0 aromatic rings. The van der Waals surface area contributed by atoms with E-state index in [1.165, 1.54) is 4.90 Å². The van der Waals surface area contributed by atoms with Crippen molar-refractivity contribution in [2.75, 3.05) is 52.9 Å². The Labute approximate surface area is 108 Å². The Morgan fingerprint density at radius 3 is 2.50 bits per heavy atom. The van der Waals surface area contributed by atoms with Crippen molar-refractivity contribution in [3.63, 3.8) is 0 Å². The third-order valence-corrected chi connectivity index (χ3v) is 3.73. The summed E-state index contributed by atoms with van der Waals surface area (Å²) in [5.41, 5.74) is 0. The number of nitrogens with one attached hydrogen (secondary N) is 1. The summed E-state index contributed by atoms with van der Waals surface area (Å²) in [6.07, 6.45) is 0. The minimum atomic E-state index is -0.241. The highest BCUT2D eigenvalue weighted by Crippen LogP contribution is 2.04. The first-order valence-electron chi connectivity index (χ1n) is 6.56. The first-order valence-corrected chi connectivity index (χ1v) is 6.56. The second-order valence-electron chi connectivity index (χ2n) is 5.13. The number of likely N-dealkylation sites (N-methyl/N-ethyl adjacent to an activating group) is 1. The first kappa shape index (κ1) is 13.5. The Hall–Kier alpha value is -0.980. The lowest BCUT2D eigenvalue weighted by Gasteiger charge is -2.35. The molecule has 2 aliphatic heterocycles. The summed E-state index contributed by atoms with van der Waals surface area (Å²) in [7, 11) is 2.11.